The zero-order valence-corrected chi connectivity index (χ0v) is 15.5. The van der Waals surface area contributed by atoms with Crippen LogP contribution in [0.2, 0.25) is 10.0 Å². The van der Waals surface area contributed by atoms with E-state index in [2.05, 4.69) is 4.98 Å². The molecule has 0 aliphatic carbocycles. The first-order valence-electron chi connectivity index (χ1n) is 8.01. The Labute approximate surface area is 160 Å². The van der Waals surface area contributed by atoms with Crippen molar-refractivity contribution in [3.05, 3.63) is 45.5 Å². The molecule has 26 heavy (non-hydrogen) atoms. The van der Waals surface area contributed by atoms with Crippen molar-refractivity contribution in [3.8, 4) is 0 Å². The van der Waals surface area contributed by atoms with Crippen LogP contribution in [0.15, 0.2) is 22.9 Å². The van der Waals surface area contributed by atoms with Crippen LogP contribution in [0.25, 0.3) is 0 Å². The number of carbonyl (C=O) groups is 2. The molecular formula is C17H17Cl2N3O4. The number of carboxylic acid groups (broad SMARTS) is 1. The van der Waals surface area contributed by atoms with E-state index in [1.807, 2.05) is 4.90 Å². The van der Waals surface area contributed by atoms with Crippen LogP contribution in [0.4, 0.5) is 5.82 Å². The number of furan rings is 1. The number of amides is 1. The van der Waals surface area contributed by atoms with E-state index in [0.29, 0.717) is 53.2 Å². The standard InChI is InChI=1S/C17H17Cl2N3O4/c1-10-9-26-13(7-14(23)24)15(10)17(25)22-4-2-21(3-5-22)16-12(19)6-11(18)8-20-16/h6,8-9H,2-5,7H2,1H3,(H,23,24). The number of aryl methyl sites for hydroxylation is 1. The van der Waals surface area contributed by atoms with Crippen molar-refractivity contribution in [2.24, 2.45) is 0 Å². The summed E-state index contributed by atoms with van der Waals surface area (Å²) in [5.41, 5.74) is 0.972. The number of aromatic nitrogens is 1. The Bertz CT molecular complexity index is 845. The van der Waals surface area contributed by atoms with E-state index in [1.54, 1.807) is 17.9 Å². The van der Waals surface area contributed by atoms with E-state index >= 15 is 0 Å². The smallest absolute Gasteiger partial charge is 0.311 e. The molecule has 0 atom stereocenters. The average molecular weight is 398 g/mol. The van der Waals surface area contributed by atoms with Gasteiger partial charge in [0.05, 0.1) is 21.9 Å². The summed E-state index contributed by atoms with van der Waals surface area (Å²) in [5.74, 6) is -0.442. The molecule has 9 heteroatoms. The van der Waals surface area contributed by atoms with Crippen molar-refractivity contribution in [2.45, 2.75) is 13.3 Å². The second kappa shape index (κ2) is 7.55. The van der Waals surface area contributed by atoms with Crippen molar-refractivity contribution in [3.63, 3.8) is 0 Å². The molecule has 1 amide bonds. The summed E-state index contributed by atoms with van der Waals surface area (Å²) in [5, 5.41) is 9.91. The van der Waals surface area contributed by atoms with Gasteiger partial charge in [-0.15, -0.1) is 0 Å². The number of rotatable bonds is 4. The predicted octanol–water partition coefficient (Wildman–Crippen LogP) is 2.88. The zero-order chi connectivity index (χ0) is 18.8. The second-order valence-electron chi connectivity index (χ2n) is 6.03. The van der Waals surface area contributed by atoms with E-state index < -0.39 is 5.97 Å². The lowest BCUT2D eigenvalue weighted by Crippen LogP contribution is -2.49. The Morgan fingerprint density at radius 2 is 1.96 bits per heavy atom. The maximum absolute atomic E-state index is 12.8. The van der Waals surface area contributed by atoms with Gasteiger partial charge in [-0.3, -0.25) is 9.59 Å². The average Bonchev–Trinajstić information content (AvgIpc) is 2.94. The van der Waals surface area contributed by atoms with E-state index in [4.69, 9.17) is 32.7 Å². The minimum Gasteiger partial charge on any atom is -0.481 e. The van der Waals surface area contributed by atoms with Crippen molar-refractivity contribution in [1.82, 2.24) is 9.88 Å². The summed E-state index contributed by atoms with van der Waals surface area (Å²) < 4.78 is 5.26. The number of aliphatic carboxylic acids is 1. The molecule has 1 aliphatic heterocycles. The third-order valence-electron chi connectivity index (χ3n) is 4.23. The van der Waals surface area contributed by atoms with Crippen LogP contribution in [0.3, 0.4) is 0 Å². The van der Waals surface area contributed by atoms with Gasteiger partial charge in [0, 0.05) is 37.9 Å². The van der Waals surface area contributed by atoms with E-state index in [1.165, 1.54) is 12.5 Å². The third-order valence-corrected chi connectivity index (χ3v) is 4.72. The maximum atomic E-state index is 12.8. The molecule has 0 unspecified atom stereocenters. The Hall–Kier alpha value is -2.25. The normalized spacial score (nSPS) is 14.6. The van der Waals surface area contributed by atoms with Gasteiger partial charge in [-0.05, 0) is 13.0 Å². The van der Waals surface area contributed by atoms with Gasteiger partial charge in [-0.25, -0.2) is 4.98 Å². The predicted molar refractivity (Wildman–Crippen MR) is 97.2 cm³/mol. The Kier molecular flexibility index (Phi) is 5.38. The molecule has 1 N–H and O–H groups in total. The number of pyridine rings is 1. The molecule has 1 aliphatic rings. The van der Waals surface area contributed by atoms with Gasteiger partial charge in [0.1, 0.15) is 18.0 Å². The number of nitrogens with zero attached hydrogens (tertiary/aromatic N) is 3. The van der Waals surface area contributed by atoms with Crippen LogP contribution >= 0.6 is 23.2 Å². The van der Waals surface area contributed by atoms with Crippen molar-refractivity contribution < 1.29 is 19.1 Å². The van der Waals surface area contributed by atoms with Crippen molar-refractivity contribution >= 4 is 40.9 Å². The van der Waals surface area contributed by atoms with Crippen LogP contribution in [0.5, 0.6) is 0 Å². The quantitative estimate of drug-likeness (QED) is 0.853. The molecule has 2 aromatic heterocycles. The lowest BCUT2D eigenvalue weighted by Gasteiger charge is -2.35. The molecule has 138 valence electrons. The molecule has 0 spiro atoms. The molecule has 1 fully saturated rings. The molecule has 0 aromatic carbocycles. The Morgan fingerprint density at radius 3 is 2.58 bits per heavy atom. The molecule has 1 saturated heterocycles. The van der Waals surface area contributed by atoms with Gasteiger partial charge in [-0.1, -0.05) is 23.2 Å². The van der Waals surface area contributed by atoms with Crippen LogP contribution in [0, 0.1) is 6.92 Å². The third kappa shape index (κ3) is 3.78. The van der Waals surface area contributed by atoms with Gasteiger partial charge in [0.25, 0.3) is 5.91 Å². The van der Waals surface area contributed by atoms with Gasteiger partial charge in [-0.2, -0.15) is 0 Å². The van der Waals surface area contributed by atoms with Gasteiger partial charge in [0.15, 0.2) is 0 Å². The van der Waals surface area contributed by atoms with Crippen LogP contribution in [-0.2, 0) is 11.2 Å². The number of carboxylic acids is 1. The lowest BCUT2D eigenvalue weighted by atomic mass is 10.1. The fourth-order valence-corrected chi connectivity index (χ4v) is 3.47. The highest BCUT2D eigenvalue weighted by Gasteiger charge is 2.28. The number of hydrogen-bond donors (Lipinski definition) is 1. The number of hydrogen-bond acceptors (Lipinski definition) is 5. The summed E-state index contributed by atoms with van der Waals surface area (Å²) in [6.45, 7) is 3.79. The zero-order valence-electron chi connectivity index (χ0n) is 14.0. The number of carbonyl (C=O) groups excluding carboxylic acids is 1. The number of anilines is 1. The van der Waals surface area contributed by atoms with Crippen LogP contribution in [-0.4, -0.2) is 53.0 Å². The van der Waals surface area contributed by atoms with Crippen molar-refractivity contribution in [2.75, 3.05) is 31.1 Å². The summed E-state index contributed by atoms with van der Waals surface area (Å²) in [4.78, 5) is 31.7. The molecule has 0 radical (unpaired) electrons. The fraction of sp³-hybridized carbons (Fsp3) is 0.353. The minimum absolute atomic E-state index is 0.185. The van der Waals surface area contributed by atoms with Gasteiger partial charge in [0.2, 0.25) is 0 Å². The van der Waals surface area contributed by atoms with Crippen LogP contribution in [0.1, 0.15) is 21.7 Å². The minimum atomic E-state index is -1.04. The fourth-order valence-electron chi connectivity index (χ4n) is 2.97. The van der Waals surface area contributed by atoms with E-state index in [0.717, 1.165) is 0 Å². The molecule has 3 rings (SSSR count). The summed E-state index contributed by atoms with van der Waals surface area (Å²) in [6.07, 6.45) is 2.63. The number of piperazine rings is 1. The van der Waals surface area contributed by atoms with Gasteiger partial charge < -0.3 is 19.3 Å². The first-order chi connectivity index (χ1) is 12.4. The van der Waals surface area contributed by atoms with E-state index in [9.17, 15) is 9.59 Å². The molecule has 0 saturated carbocycles. The van der Waals surface area contributed by atoms with Crippen LogP contribution < -0.4 is 4.90 Å². The Balaban J connectivity index is 1.71. The summed E-state index contributed by atoms with van der Waals surface area (Å²) >= 11 is 12.1. The summed E-state index contributed by atoms with van der Waals surface area (Å²) in [6, 6.07) is 1.63. The van der Waals surface area contributed by atoms with Crippen molar-refractivity contribution in [1.29, 1.82) is 0 Å². The number of halogens is 2. The molecule has 7 nitrogen and oxygen atoms in total. The molecule has 0 bridgehead atoms. The first-order valence-corrected chi connectivity index (χ1v) is 8.76. The largest absolute Gasteiger partial charge is 0.481 e. The molecule has 2 aromatic rings. The van der Waals surface area contributed by atoms with Gasteiger partial charge >= 0.3 is 5.97 Å². The second-order valence-corrected chi connectivity index (χ2v) is 6.87. The SMILES string of the molecule is Cc1coc(CC(=O)O)c1C(=O)N1CCN(c2ncc(Cl)cc2Cl)CC1. The molecular weight excluding hydrogens is 381 g/mol. The molecule has 3 heterocycles. The topological polar surface area (TPSA) is 86.9 Å². The highest BCUT2D eigenvalue weighted by molar-refractivity contribution is 6.36. The monoisotopic (exact) mass is 397 g/mol. The Morgan fingerprint density at radius 1 is 1.27 bits per heavy atom. The van der Waals surface area contributed by atoms with E-state index in [-0.39, 0.29) is 18.1 Å². The summed E-state index contributed by atoms with van der Waals surface area (Å²) in [7, 11) is 0. The highest BCUT2D eigenvalue weighted by atomic mass is 35.5. The lowest BCUT2D eigenvalue weighted by molar-refractivity contribution is -0.136. The first kappa shape index (κ1) is 18.5. The highest BCUT2D eigenvalue weighted by Crippen LogP contribution is 2.27. The maximum Gasteiger partial charge on any atom is 0.311 e.